The molecule has 0 aliphatic heterocycles. The first-order valence-electron chi connectivity index (χ1n) is 4.42. The van der Waals surface area contributed by atoms with Crippen molar-refractivity contribution in [3.8, 4) is 11.8 Å². The predicted molar refractivity (Wildman–Crippen MR) is 55.0 cm³/mol. The second-order valence-electron chi connectivity index (χ2n) is 2.85. The third-order valence-electron chi connectivity index (χ3n) is 1.87. The van der Waals surface area contributed by atoms with E-state index in [1.54, 1.807) is 6.20 Å². The molecule has 2 N–H and O–H groups in total. The molecular formula is C11H14N2. The Morgan fingerprint density at radius 3 is 3.08 bits per heavy atom. The summed E-state index contributed by atoms with van der Waals surface area (Å²) in [6.45, 7) is 1.86. The molecule has 13 heavy (non-hydrogen) atoms. The zero-order valence-corrected chi connectivity index (χ0v) is 7.88. The summed E-state index contributed by atoms with van der Waals surface area (Å²) >= 11 is 0. The van der Waals surface area contributed by atoms with Gasteiger partial charge in [0.25, 0.3) is 0 Å². The molecule has 0 atom stereocenters. The Balaban J connectivity index is 2.44. The fraction of sp³-hybridized carbons (Fsp3) is 0.364. The van der Waals surface area contributed by atoms with Crippen LogP contribution in [0.5, 0.6) is 0 Å². The van der Waals surface area contributed by atoms with Crippen LogP contribution in [0.2, 0.25) is 0 Å². The highest BCUT2D eigenvalue weighted by Crippen LogP contribution is 2.11. The Kier molecular flexibility index (Phi) is 3.84. The SMILES string of the molecule is CC#CCCCc1cnccc1N. The molecule has 1 aromatic rings. The quantitative estimate of drug-likeness (QED) is 0.562. The number of unbranched alkanes of at least 4 members (excludes halogenated alkanes) is 1. The van der Waals surface area contributed by atoms with Crippen LogP contribution in [-0.2, 0) is 6.42 Å². The minimum atomic E-state index is 0.833. The number of nitrogens with two attached hydrogens (primary N) is 1. The molecule has 0 spiro atoms. The van der Waals surface area contributed by atoms with Crippen LogP contribution in [0, 0.1) is 11.8 Å². The number of aromatic nitrogens is 1. The maximum Gasteiger partial charge on any atom is 0.0377 e. The van der Waals surface area contributed by atoms with Crippen LogP contribution in [0.15, 0.2) is 18.5 Å². The molecule has 1 heterocycles. The smallest absolute Gasteiger partial charge is 0.0377 e. The molecule has 0 bridgehead atoms. The average molecular weight is 174 g/mol. The van der Waals surface area contributed by atoms with E-state index in [1.807, 2.05) is 19.2 Å². The van der Waals surface area contributed by atoms with Gasteiger partial charge in [0.2, 0.25) is 0 Å². The van der Waals surface area contributed by atoms with Crippen LogP contribution >= 0.6 is 0 Å². The van der Waals surface area contributed by atoms with E-state index >= 15 is 0 Å². The second-order valence-corrected chi connectivity index (χ2v) is 2.85. The molecule has 1 rings (SSSR count). The van der Waals surface area contributed by atoms with Gasteiger partial charge in [0.05, 0.1) is 0 Å². The lowest BCUT2D eigenvalue weighted by Crippen LogP contribution is -1.94. The summed E-state index contributed by atoms with van der Waals surface area (Å²) in [6, 6.07) is 1.83. The number of rotatable bonds is 3. The van der Waals surface area contributed by atoms with Gasteiger partial charge in [-0.05, 0) is 31.4 Å². The number of nitrogens with zero attached hydrogens (tertiary/aromatic N) is 1. The van der Waals surface area contributed by atoms with E-state index < -0.39 is 0 Å². The van der Waals surface area contributed by atoms with Crippen molar-refractivity contribution < 1.29 is 0 Å². The zero-order valence-electron chi connectivity index (χ0n) is 7.88. The van der Waals surface area contributed by atoms with Gasteiger partial charge >= 0.3 is 0 Å². The molecule has 1 aromatic heterocycles. The summed E-state index contributed by atoms with van der Waals surface area (Å²) in [5, 5.41) is 0. The first-order valence-corrected chi connectivity index (χ1v) is 4.42. The number of aryl methyl sites for hydroxylation is 1. The Hall–Kier alpha value is -1.49. The van der Waals surface area contributed by atoms with Crippen molar-refractivity contribution >= 4 is 5.69 Å². The zero-order chi connectivity index (χ0) is 9.52. The molecule has 0 aliphatic rings. The van der Waals surface area contributed by atoms with Gasteiger partial charge in [0.1, 0.15) is 0 Å². The van der Waals surface area contributed by atoms with Gasteiger partial charge in [-0.2, -0.15) is 0 Å². The van der Waals surface area contributed by atoms with E-state index in [0.29, 0.717) is 0 Å². The summed E-state index contributed by atoms with van der Waals surface area (Å²) in [5.41, 5.74) is 7.72. The summed E-state index contributed by atoms with van der Waals surface area (Å²) in [7, 11) is 0. The van der Waals surface area contributed by atoms with Crippen molar-refractivity contribution in [2.45, 2.75) is 26.2 Å². The van der Waals surface area contributed by atoms with E-state index in [4.69, 9.17) is 5.73 Å². The summed E-state index contributed by atoms with van der Waals surface area (Å²) in [5.74, 6) is 5.90. The minimum absolute atomic E-state index is 0.833. The molecule has 0 radical (unpaired) electrons. The molecular weight excluding hydrogens is 160 g/mol. The highest BCUT2D eigenvalue weighted by Gasteiger charge is 1.96. The maximum absolute atomic E-state index is 5.76. The number of hydrogen-bond donors (Lipinski definition) is 1. The lowest BCUT2D eigenvalue weighted by Gasteiger charge is -2.01. The maximum atomic E-state index is 5.76. The fourth-order valence-corrected chi connectivity index (χ4v) is 1.14. The first kappa shape index (κ1) is 9.60. The molecule has 0 saturated heterocycles. The molecule has 0 amide bonds. The van der Waals surface area contributed by atoms with Gasteiger partial charge in [-0.25, -0.2) is 0 Å². The van der Waals surface area contributed by atoms with Gasteiger partial charge < -0.3 is 5.73 Å². The van der Waals surface area contributed by atoms with E-state index in [1.165, 1.54) is 0 Å². The average Bonchev–Trinajstić information content (AvgIpc) is 2.15. The van der Waals surface area contributed by atoms with Crippen LogP contribution < -0.4 is 5.73 Å². The first-order chi connectivity index (χ1) is 6.34. The fourth-order valence-electron chi connectivity index (χ4n) is 1.14. The van der Waals surface area contributed by atoms with Crippen LogP contribution in [0.4, 0.5) is 5.69 Å². The van der Waals surface area contributed by atoms with Gasteiger partial charge in [0, 0.05) is 24.5 Å². The molecule has 0 fully saturated rings. The monoisotopic (exact) mass is 174 g/mol. The normalized spacial score (nSPS) is 9.00. The van der Waals surface area contributed by atoms with Crippen LogP contribution in [0.1, 0.15) is 25.3 Å². The number of pyridine rings is 1. The van der Waals surface area contributed by atoms with E-state index in [2.05, 4.69) is 16.8 Å². The summed E-state index contributed by atoms with van der Waals surface area (Å²) in [4.78, 5) is 4.03. The Bertz CT molecular complexity index is 320. The molecule has 0 unspecified atom stereocenters. The Morgan fingerprint density at radius 2 is 2.38 bits per heavy atom. The topological polar surface area (TPSA) is 38.9 Å². The van der Waals surface area contributed by atoms with Gasteiger partial charge in [0.15, 0.2) is 0 Å². The van der Waals surface area contributed by atoms with E-state index in [9.17, 15) is 0 Å². The second kappa shape index (κ2) is 5.21. The highest BCUT2D eigenvalue weighted by molar-refractivity contribution is 5.44. The lowest BCUT2D eigenvalue weighted by molar-refractivity contribution is 0.855. The third-order valence-corrected chi connectivity index (χ3v) is 1.87. The third kappa shape index (κ3) is 3.16. The van der Waals surface area contributed by atoms with Crippen LogP contribution in [0.25, 0.3) is 0 Å². The number of hydrogen-bond acceptors (Lipinski definition) is 2. The van der Waals surface area contributed by atoms with Crippen molar-refractivity contribution in [2.75, 3.05) is 5.73 Å². The molecule has 0 saturated carbocycles. The Labute approximate surface area is 79.2 Å². The number of nitrogen functional groups attached to an aromatic ring is 1. The van der Waals surface area contributed by atoms with Crippen LogP contribution in [-0.4, -0.2) is 4.98 Å². The largest absolute Gasteiger partial charge is 0.398 e. The predicted octanol–water partition coefficient (Wildman–Crippen LogP) is 2.01. The van der Waals surface area contributed by atoms with Crippen molar-refractivity contribution in [1.82, 2.24) is 4.98 Å². The Morgan fingerprint density at radius 1 is 1.54 bits per heavy atom. The summed E-state index contributed by atoms with van der Waals surface area (Å²) in [6.07, 6.45) is 6.50. The molecule has 2 heteroatoms. The highest BCUT2D eigenvalue weighted by atomic mass is 14.7. The standard InChI is InChI=1S/C11H14N2/c1-2-3-4-5-6-10-9-13-8-7-11(10)12/h7-9H,4-6H2,1H3,(H2,12,13). The van der Waals surface area contributed by atoms with E-state index in [-0.39, 0.29) is 0 Å². The van der Waals surface area contributed by atoms with Crippen molar-refractivity contribution in [2.24, 2.45) is 0 Å². The number of anilines is 1. The van der Waals surface area contributed by atoms with E-state index in [0.717, 1.165) is 30.5 Å². The van der Waals surface area contributed by atoms with Crippen molar-refractivity contribution in [3.63, 3.8) is 0 Å². The van der Waals surface area contributed by atoms with Gasteiger partial charge in [-0.3, -0.25) is 4.98 Å². The molecule has 0 aliphatic carbocycles. The van der Waals surface area contributed by atoms with Gasteiger partial charge in [-0.15, -0.1) is 11.8 Å². The minimum Gasteiger partial charge on any atom is -0.398 e. The van der Waals surface area contributed by atoms with Crippen molar-refractivity contribution in [1.29, 1.82) is 0 Å². The van der Waals surface area contributed by atoms with Gasteiger partial charge in [-0.1, -0.05) is 0 Å². The van der Waals surface area contributed by atoms with Crippen LogP contribution in [0.3, 0.4) is 0 Å². The lowest BCUT2D eigenvalue weighted by atomic mass is 10.1. The van der Waals surface area contributed by atoms with Crippen molar-refractivity contribution in [3.05, 3.63) is 24.0 Å². The molecule has 68 valence electrons. The molecule has 0 aromatic carbocycles. The molecule has 2 nitrogen and oxygen atoms in total. The summed E-state index contributed by atoms with van der Waals surface area (Å²) < 4.78 is 0.